The molecular formula is C32H38F7NO4. The molecule has 2 aromatic carbocycles. The Labute approximate surface area is 252 Å². The summed E-state index contributed by atoms with van der Waals surface area (Å²) in [6.07, 6.45) is -9.43. The molecule has 5 nitrogen and oxygen atoms in total. The summed E-state index contributed by atoms with van der Waals surface area (Å²) in [5.74, 6) is -1.34. The van der Waals surface area contributed by atoms with Gasteiger partial charge in [-0.2, -0.15) is 26.3 Å². The van der Waals surface area contributed by atoms with Gasteiger partial charge in [-0.3, -0.25) is 4.79 Å². The Hall–Kier alpha value is -2.70. The number of benzene rings is 2. The second-order valence-electron chi connectivity index (χ2n) is 11.6. The lowest BCUT2D eigenvalue weighted by Crippen LogP contribution is -2.42. The minimum absolute atomic E-state index is 0.0393. The lowest BCUT2D eigenvalue weighted by atomic mass is 9.76. The smallest absolute Gasteiger partial charge is 0.381 e. The van der Waals surface area contributed by atoms with Gasteiger partial charge in [0.05, 0.1) is 23.8 Å². The predicted molar refractivity (Wildman–Crippen MR) is 148 cm³/mol. The van der Waals surface area contributed by atoms with Gasteiger partial charge in [0, 0.05) is 44.6 Å². The fourth-order valence-corrected chi connectivity index (χ4v) is 6.05. The summed E-state index contributed by atoms with van der Waals surface area (Å²) in [7, 11) is 0. The van der Waals surface area contributed by atoms with E-state index in [-0.39, 0.29) is 36.0 Å². The molecule has 1 amide bonds. The topological polar surface area (TPSA) is 48.0 Å². The molecular weight excluding hydrogens is 595 g/mol. The summed E-state index contributed by atoms with van der Waals surface area (Å²) < 4.78 is 113. The minimum atomic E-state index is -5.00. The zero-order valence-corrected chi connectivity index (χ0v) is 24.9. The monoisotopic (exact) mass is 633 g/mol. The molecule has 4 rings (SSSR count). The first-order valence-electron chi connectivity index (χ1n) is 14.9. The van der Waals surface area contributed by atoms with E-state index in [0.29, 0.717) is 62.4 Å². The molecule has 2 aliphatic rings. The Morgan fingerprint density at radius 3 is 2.27 bits per heavy atom. The number of hydrogen-bond acceptors (Lipinski definition) is 4. The Morgan fingerprint density at radius 2 is 1.66 bits per heavy atom. The van der Waals surface area contributed by atoms with Gasteiger partial charge in [0.15, 0.2) is 6.29 Å². The van der Waals surface area contributed by atoms with Crippen LogP contribution in [0.3, 0.4) is 0 Å². The van der Waals surface area contributed by atoms with E-state index in [9.17, 15) is 35.5 Å². The van der Waals surface area contributed by atoms with Gasteiger partial charge in [-0.05, 0) is 79.6 Å². The van der Waals surface area contributed by atoms with Gasteiger partial charge in [-0.1, -0.05) is 19.4 Å². The van der Waals surface area contributed by atoms with Gasteiger partial charge in [-0.15, -0.1) is 0 Å². The first-order valence-corrected chi connectivity index (χ1v) is 14.9. The van der Waals surface area contributed by atoms with Gasteiger partial charge in [-0.25, -0.2) is 4.39 Å². The molecule has 2 aliphatic heterocycles. The number of carbonyl (C=O) groups excluding carboxylic acids is 1. The van der Waals surface area contributed by atoms with Crippen LogP contribution in [-0.4, -0.2) is 50.0 Å². The maximum atomic E-state index is 14.1. The average molecular weight is 634 g/mol. The fraction of sp³-hybridized carbons (Fsp3) is 0.594. The molecule has 0 spiro atoms. The third kappa shape index (κ3) is 8.31. The molecule has 0 bridgehead atoms. The highest BCUT2D eigenvalue weighted by atomic mass is 19.4. The molecule has 244 valence electrons. The Kier molecular flexibility index (Phi) is 11.0. The van der Waals surface area contributed by atoms with Crippen LogP contribution in [0.2, 0.25) is 0 Å². The maximum absolute atomic E-state index is 14.1. The number of unbranched alkanes of at least 4 members (excludes halogenated alkanes) is 1. The van der Waals surface area contributed by atoms with Crippen LogP contribution < -0.4 is 0 Å². The maximum Gasteiger partial charge on any atom is 0.416 e. The van der Waals surface area contributed by atoms with Crippen molar-refractivity contribution in [2.45, 2.75) is 77.1 Å². The quantitative estimate of drug-likeness (QED) is 0.186. The number of nitrogens with zero attached hydrogens (tertiary/aromatic N) is 1. The standard InChI is InChI=1S/C32H38F7NO4/c1-4-5-10-42-11-6-7-28(41)40-16-22-18-43-30(29(27(22)17-40)26-9-8-25(33)12-19(26)2)44-20(3)21-13-23(31(34,35)36)15-24(14-21)32(37,38)39/h8-9,12-15,20,22,27,29-30H,4-7,10-11,16-18H2,1-3H3/t20-,22+,27-,29+,30-/m1/s1. The van der Waals surface area contributed by atoms with Crippen molar-refractivity contribution in [2.75, 3.05) is 32.9 Å². The molecule has 0 unspecified atom stereocenters. The number of amides is 1. The zero-order valence-electron chi connectivity index (χ0n) is 24.9. The first kappa shape index (κ1) is 34.2. The second-order valence-corrected chi connectivity index (χ2v) is 11.6. The molecule has 0 saturated carbocycles. The van der Waals surface area contributed by atoms with Gasteiger partial charge in [0.1, 0.15) is 5.82 Å². The van der Waals surface area contributed by atoms with E-state index in [4.69, 9.17) is 14.2 Å². The summed E-state index contributed by atoms with van der Waals surface area (Å²) in [5.41, 5.74) is -1.91. The second kappa shape index (κ2) is 14.2. The molecule has 2 saturated heterocycles. The van der Waals surface area contributed by atoms with Gasteiger partial charge in [0.2, 0.25) is 5.91 Å². The average Bonchev–Trinajstić information content (AvgIpc) is 3.39. The third-order valence-electron chi connectivity index (χ3n) is 8.40. The lowest BCUT2D eigenvalue weighted by Gasteiger charge is -2.41. The Bertz CT molecular complexity index is 1250. The van der Waals surface area contributed by atoms with Crippen molar-refractivity contribution in [3.63, 3.8) is 0 Å². The highest BCUT2D eigenvalue weighted by Crippen LogP contribution is 2.46. The molecule has 44 heavy (non-hydrogen) atoms. The van der Waals surface area contributed by atoms with E-state index in [0.717, 1.165) is 12.8 Å². The van der Waals surface area contributed by atoms with Crippen LogP contribution in [0.4, 0.5) is 30.7 Å². The Balaban J connectivity index is 1.57. The van der Waals surface area contributed by atoms with E-state index in [1.807, 2.05) is 0 Å². The van der Waals surface area contributed by atoms with Crippen LogP contribution in [0.25, 0.3) is 0 Å². The van der Waals surface area contributed by atoms with E-state index in [1.54, 1.807) is 17.9 Å². The third-order valence-corrected chi connectivity index (χ3v) is 8.40. The van der Waals surface area contributed by atoms with Crippen molar-refractivity contribution in [3.05, 3.63) is 70.0 Å². The molecule has 0 aliphatic carbocycles. The van der Waals surface area contributed by atoms with E-state index < -0.39 is 47.6 Å². The number of alkyl halides is 6. The largest absolute Gasteiger partial charge is 0.416 e. The summed E-state index contributed by atoms with van der Waals surface area (Å²) in [4.78, 5) is 14.8. The van der Waals surface area contributed by atoms with Crippen LogP contribution in [-0.2, 0) is 31.4 Å². The SMILES string of the molecule is CCCCOCCCC(=O)N1C[C@H]2CO[C@H](O[C@H](C)c3cc(C(F)(F)F)cc(C(F)(F)F)c3)[C@@H](c3ccc(F)cc3C)[C@@H]2C1. The summed E-state index contributed by atoms with van der Waals surface area (Å²) in [6.45, 7) is 7.24. The van der Waals surface area contributed by atoms with Gasteiger partial charge in [0.25, 0.3) is 0 Å². The molecule has 0 N–H and O–H groups in total. The van der Waals surface area contributed by atoms with Gasteiger partial charge < -0.3 is 19.1 Å². The van der Waals surface area contributed by atoms with Crippen molar-refractivity contribution in [2.24, 2.45) is 11.8 Å². The summed E-state index contributed by atoms with van der Waals surface area (Å²) >= 11 is 0. The number of rotatable bonds is 11. The van der Waals surface area contributed by atoms with Crippen LogP contribution in [0.5, 0.6) is 0 Å². The summed E-state index contributed by atoms with van der Waals surface area (Å²) in [6, 6.07) is 5.58. The number of likely N-dealkylation sites (tertiary alicyclic amines) is 1. The first-order chi connectivity index (χ1) is 20.7. The molecule has 2 heterocycles. The molecule has 0 aromatic heterocycles. The summed E-state index contributed by atoms with van der Waals surface area (Å²) in [5, 5.41) is 0. The number of ether oxygens (including phenoxy) is 3. The molecule has 2 fully saturated rings. The normalized spacial score (nSPS) is 23.1. The number of hydrogen-bond donors (Lipinski definition) is 0. The van der Waals surface area contributed by atoms with Crippen LogP contribution in [0, 0.1) is 24.6 Å². The van der Waals surface area contributed by atoms with Crippen molar-refractivity contribution in [1.29, 1.82) is 0 Å². The van der Waals surface area contributed by atoms with Crippen molar-refractivity contribution in [1.82, 2.24) is 4.90 Å². The Morgan fingerprint density at radius 1 is 1.00 bits per heavy atom. The predicted octanol–water partition coefficient (Wildman–Crippen LogP) is 8.06. The fourth-order valence-electron chi connectivity index (χ4n) is 6.05. The molecule has 12 heteroatoms. The van der Waals surface area contributed by atoms with E-state index >= 15 is 0 Å². The van der Waals surface area contributed by atoms with Crippen LogP contribution in [0.15, 0.2) is 36.4 Å². The highest BCUT2D eigenvalue weighted by Gasteiger charge is 2.48. The number of fused-ring (bicyclic) bond motifs is 1. The van der Waals surface area contributed by atoms with Crippen LogP contribution in [0.1, 0.15) is 79.4 Å². The molecule has 0 radical (unpaired) electrons. The van der Waals surface area contributed by atoms with E-state index in [1.165, 1.54) is 19.1 Å². The molecule has 2 aromatic rings. The minimum Gasteiger partial charge on any atom is -0.381 e. The van der Waals surface area contributed by atoms with Crippen molar-refractivity contribution < 1.29 is 49.7 Å². The zero-order chi connectivity index (χ0) is 32.2. The van der Waals surface area contributed by atoms with Crippen molar-refractivity contribution in [3.8, 4) is 0 Å². The number of aryl methyl sites for hydroxylation is 1. The lowest BCUT2D eigenvalue weighted by molar-refractivity contribution is -0.217. The van der Waals surface area contributed by atoms with E-state index in [2.05, 4.69) is 6.92 Å². The van der Waals surface area contributed by atoms with Gasteiger partial charge >= 0.3 is 12.4 Å². The molecule has 5 atom stereocenters. The van der Waals surface area contributed by atoms with Crippen molar-refractivity contribution >= 4 is 5.91 Å². The van der Waals surface area contributed by atoms with Crippen LogP contribution >= 0.6 is 0 Å². The number of halogens is 7. The highest BCUT2D eigenvalue weighted by molar-refractivity contribution is 5.76. The number of carbonyl (C=O) groups is 1.